The predicted octanol–water partition coefficient (Wildman–Crippen LogP) is 0.626. The molecule has 1 aliphatic heterocycles. The number of hydrogen-bond acceptors (Lipinski definition) is 5. The van der Waals surface area contributed by atoms with E-state index in [1.54, 1.807) is 0 Å². The van der Waals surface area contributed by atoms with E-state index in [-0.39, 0.29) is 10.7 Å². The summed E-state index contributed by atoms with van der Waals surface area (Å²) in [5.41, 5.74) is 5.56. The lowest BCUT2D eigenvalue weighted by molar-refractivity contribution is 0.172. The summed E-state index contributed by atoms with van der Waals surface area (Å²) in [5.74, 6) is 0.822. The molecular weight excluding hydrogens is 276 g/mol. The average Bonchev–Trinajstić information content (AvgIpc) is 2.38. The maximum Gasteiger partial charge on any atom is 0.243 e. The molecule has 1 aromatic rings. The Hall–Kier alpha value is -1.18. The second-order valence-electron chi connectivity index (χ2n) is 5.51. The van der Waals surface area contributed by atoms with Crippen LogP contribution in [0.15, 0.2) is 23.2 Å². The van der Waals surface area contributed by atoms with Gasteiger partial charge in [-0.15, -0.1) is 0 Å². The van der Waals surface area contributed by atoms with E-state index in [0.29, 0.717) is 19.0 Å². The first kappa shape index (κ1) is 15.2. The SMILES string of the molecule is CC(C)CN1CCN(S(=O)(=O)c2ccnc(N)c2)CC1. The van der Waals surface area contributed by atoms with Crippen LogP contribution in [-0.2, 0) is 10.0 Å². The molecule has 112 valence electrons. The highest BCUT2D eigenvalue weighted by molar-refractivity contribution is 7.89. The minimum atomic E-state index is -3.45. The molecule has 2 N–H and O–H groups in total. The molecule has 0 aromatic carbocycles. The van der Waals surface area contributed by atoms with Crippen molar-refractivity contribution in [2.24, 2.45) is 5.92 Å². The van der Waals surface area contributed by atoms with Crippen LogP contribution in [0.2, 0.25) is 0 Å². The van der Waals surface area contributed by atoms with Crippen molar-refractivity contribution in [2.45, 2.75) is 18.7 Å². The second kappa shape index (κ2) is 6.07. The molecule has 0 bridgehead atoms. The molecule has 0 unspecified atom stereocenters. The Morgan fingerprint density at radius 3 is 2.50 bits per heavy atom. The molecule has 20 heavy (non-hydrogen) atoms. The molecular formula is C13H22N4O2S. The molecule has 2 heterocycles. The van der Waals surface area contributed by atoms with Crippen LogP contribution in [0.4, 0.5) is 5.82 Å². The number of anilines is 1. The topological polar surface area (TPSA) is 79.5 Å². The fourth-order valence-corrected chi connectivity index (χ4v) is 3.85. The Bertz CT molecular complexity index is 551. The summed E-state index contributed by atoms with van der Waals surface area (Å²) in [6.07, 6.45) is 1.43. The number of piperazine rings is 1. The lowest BCUT2D eigenvalue weighted by Crippen LogP contribution is -2.49. The minimum absolute atomic E-state index is 0.224. The van der Waals surface area contributed by atoms with Gasteiger partial charge < -0.3 is 10.6 Å². The van der Waals surface area contributed by atoms with Crippen molar-refractivity contribution in [2.75, 3.05) is 38.5 Å². The van der Waals surface area contributed by atoms with Crippen LogP contribution in [0.25, 0.3) is 0 Å². The quantitative estimate of drug-likeness (QED) is 0.882. The first-order chi connectivity index (χ1) is 9.39. The van der Waals surface area contributed by atoms with Gasteiger partial charge in [-0.25, -0.2) is 13.4 Å². The van der Waals surface area contributed by atoms with Crippen molar-refractivity contribution >= 4 is 15.8 Å². The molecule has 6 nitrogen and oxygen atoms in total. The maximum atomic E-state index is 12.5. The molecule has 7 heteroatoms. The number of hydrogen-bond donors (Lipinski definition) is 1. The van der Waals surface area contributed by atoms with Crippen LogP contribution in [0, 0.1) is 5.92 Å². The van der Waals surface area contributed by atoms with E-state index in [1.165, 1.54) is 22.6 Å². The molecule has 1 aliphatic rings. The number of pyridine rings is 1. The molecule has 0 amide bonds. The van der Waals surface area contributed by atoms with Gasteiger partial charge in [-0.05, 0) is 12.0 Å². The van der Waals surface area contributed by atoms with Gasteiger partial charge in [-0.3, -0.25) is 0 Å². The molecule has 0 atom stereocenters. The van der Waals surface area contributed by atoms with Gasteiger partial charge in [-0.2, -0.15) is 4.31 Å². The summed E-state index contributed by atoms with van der Waals surface area (Å²) >= 11 is 0. The fourth-order valence-electron chi connectivity index (χ4n) is 2.41. The molecule has 1 saturated heterocycles. The number of aromatic nitrogens is 1. The highest BCUT2D eigenvalue weighted by Gasteiger charge is 2.28. The normalized spacial score (nSPS) is 18.6. The van der Waals surface area contributed by atoms with Crippen LogP contribution >= 0.6 is 0 Å². The van der Waals surface area contributed by atoms with Gasteiger partial charge in [-0.1, -0.05) is 13.8 Å². The zero-order valence-electron chi connectivity index (χ0n) is 12.0. The van der Waals surface area contributed by atoms with E-state index in [9.17, 15) is 8.42 Å². The molecule has 1 aromatic heterocycles. The highest BCUT2D eigenvalue weighted by atomic mass is 32.2. The molecule has 2 rings (SSSR count). The first-order valence-electron chi connectivity index (χ1n) is 6.83. The Kier molecular flexibility index (Phi) is 4.62. The largest absolute Gasteiger partial charge is 0.384 e. The van der Waals surface area contributed by atoms with Crippen molar-refractivity contribution in [3.8, 4) is 0 Å². The third-order valence-corrected chi connectivity index (χ3v) is 5.24. The third-order valence-electron chi connectivity index (χ3n) is 3.34. The van der Waals surface area contributed by atoms with Crippen LogP contribution in [0.5, 0.6) is 0 Å². The van der Waals surface area contributed by atoms with Gasteiger partial charge in [0.15, 0.2) is 0 Å². The number of nitrogen functional groups attached to an aromatic ring is 1. The molecule has 0 aliphatic carbocycles. The molecule has 0 saturated carbocycles. The number of nitrogens with two attached hydrogens (primary N) is 1. The lowest BCUT2D eigenvalue weighted by Gasteiger charge is -2.34. The summed E-state index contributed by atoms with van der Waals surface area (Å²) < 4.78 is 26.5. The van der Waals surface area contributed by atoms with Gasteiger partial charge in [0.2, 0.25) is 10.0 Å². The molecule has 1 fully saturated rings. The zero-order chi connectivity index (χ0) is 14.8. The second-order valence-corrected chi connectivity index (χ2v) is 7.45. The Labute approximate surface area is 120 Å². The van der Waals surface area contributed by atoms with Gasteiger partial charge in [0.1, 0.15) is 5.82 Å². The minimum Gasteiger partial charge on any atom is -0.384 e. The smallest absolute Gasteiger partial charge is 0.243 e. The summed E-state index contributed by atoms with van der Waals surface area (Å²) in [6.45, 7) is 7.95. The van der Waals surface area contributed by atoms with Crippen molar-refractivity contribution in [1.82, 2.24) is 14.2 Å². The highest BCUT2D eigenvalue weighted by Crippen LogP contribution is 2.18. The standard InChI is InChI=1S/C13H22N4O2S/c1-11(2)10-16-5-7-17(8-6-16)20(18,19)12-3-4-15-13(14)9-12/h3-4,9,11H,5-8,10H2,1-2H3,(H2,14,15). The van der Waals surface area contributed by atoms with Crippen molar-refractivity contribution < 1.29 is 8.42 Å². The zero-order valence-corrected chi connectivity index (χ0v) is 12.8. The maximum absolute atomic E-state index is 12.5. The van der Waals surface area contributed by atoms with E-state index in [2.05, 4.69) is 23.7 Å². The first-order valence-corrected chi connectivity index (χ1v) is 8.27. The van der Waals surface area contributed by atoms with E-state index in [4.69, 9.17) is 5.73 Å². The third kappa shape index (κ3) is 3.47. The summed E-state index contributed by atoms with van der Waals surface area (Å²) in [5, 5.41) is 0. The van der Waals surface area contributed by atoms with Crippen LogP contribution < -0.4 is 5.73 Å². The van der Waals surface area contributed by atoms with Crippen LogP contribution in [-0.4, -0.2) is 55.3 Å². The van der Waals surface area contributed by atoms with Gasteiger partial charge >= 0.3 is 0 Å². The monoisotopic (exact) mass is 298 g/mol. The van der Waals surface area contributed by atoms with E-state index < -0.39 is 10.0 Å². The Morgan fingerprint density at radius 2 is 1.95 bits per heavy atom. The summed E-state index contributed by atoms with van der Waals surface area (Å²) in [4.78, 5) is 6.36. The number of rotatable bonds is 4. The van der Waals surface area contributed by atoms with Crippen LogP contribution in [0.1, 0.15) is 13.8 Å². The predicted molar refractivity (Wildman–Crippen MR) is 78.7 cm³/mol. The van der Waals surface area contributed by atoms with Crippen molar-refractivity contribution in [3.63, 3.8) is 0 Å². The number of sulfonamides is 1. The fraction of sp³-hybridized carbons (Fsp3) is 0.615. The Balaban J connectivity index is 2.06. The summed E-state index contributed by atoms with van der Waals surface area (Å²) in [6, 6.07) is 2.90. The van der Waals surface area contributed by atoms with E-state index in [0.717, 1.165) is 19.6 Å². The lowest BCUT2D eigenvalue weighted by atomic mass is 10.2. The van der Waals surface area contributed by atoms with Crippen molar-refractivity contribution in [1.29, 1.82) is 0 Å². The van der Waals surface area contributed by atoms with E-state index in [1.807, 2.05) is 0 Å². The van der Waals surface area contributed by atoms with Crippen molar-refractivity contribution in [3.05, 3.63) is 18.3 Å². The molecule has 0 radical (unpaired) electrons. The average molecular weight is 298 g/mol. The van der Waals surface area contributed by atoms with Gasteiger partial charge in [0, 0.05) is 45.0 Å². The molecule has 0 spiro atoms. The number of nitrogens with zero attached hydrogens (tertiary/aromatic N) is 3. The summed E-state index contributed by atoms with van der Waals surface area (Å²) in [7, 11) is -3.45. The van der Waals surface area contributed by atoms with Crippen LogP contribution in [0.3, 0.4) is 0 Å². The van der Waals surface area contributed by atoms with E-state index >= 15 is 0 Å². The van der Waals surface area contributed by atoms with Gasteiger partial charge in [0.05, 0.1) is 4.90 Å². The Morgan fingerprint density at radius 1 is 1.30 bits per heavy atom. The van der Waals surface area contributed by atoms with Gasteiger partial charge in [0.25, 0.3) is 0 Å².